The molecule has 0 aliphatic carbocycles. The molecule has 3 amide bonds. The van der Waals surface area contributed by atoms with E-state index in [9.17, 15) is 14.4 Å². The number of fused-ring (bicyclic) bond motifs is 1. The van der Waals surface area contributed by atoms with Crippen molar-refractivity contribution in [1.82, 2.24) is 45.3 Å². The van der Waals surface area contributed by atoms with Gasteiger partial charge in [0.1, 0.15) is 17.9 Å². The van der Waals surface area contributed by atoms with Crippen molar-refractivity contribution in [3.05, 3.63) is 114 Å². The lowest BCUT2D eigenvalue weighted by molar-refractivity contribution is -0.138. The Morgan fingerprint density at radius 3 is 2.60 bits per heavy atom. The molecule has 0 saturated carbocycles. The molecule has 298 valence electrons. The average molecular weight is 788 g/mol. The number of carbonyl (C=O) groups excluding carboxylic acids is 3. The highest BCUT2D eigenvalue weighted by atomic mass is 19.1. The second-order valence-electron chi connectivity index (χ2n) is 15.5. The SMILES string of the molecule is CC(C)(C)c1nc(C(=O)NCc2ccc(-c3ncnn4cc(-c5ccc(CN6CCOCC6Cc6ccc(OC7CCC(=O)NC7=O)cc6)cn5)cc34)cc2F)no1. The number of aromatic nitrogens is 6. The summed E-state index contributed by atoms with van der Waals surface area (Å²) >= 11 is 0. The summed E-state index contributed by atoms with van der Waals surface area (Å²) in [4.78, 5) is 52.0. The number of amides is 3. The van der Waals surface area contributed by atoms with Crippen LogP contribution in [0, 0.1) is 5.82 Å². The highest BCUT2D eigenvalue weighted by molar-refractivity contribution is 6.00. The van der Waals surface area contributed by atoms with Gasteiger partial charge in [-0.15, -0.1) is 0 Å². The lowest BCUT2D eigenvalue weighted by atomic mass is 9.97. The van der Waals surface area contributed by atoms with Crippen LogP contribution in [0.5, 0.6) is 5.75 Å². The van der Waals surface area contributed by atoms with Crippen molar-refractivity contribution in [2.45, 2.75) is 70.7 Å². The van der Waals surface area contributed by atoms with Crippen molar-refractivity contribution in [3.63, 3.8) is 0 Å². The van der Waals surface area contributed by atoms with Crippen LogP contribution in [0.15, 0.2) is 83.9 Å². The predicted molar refractivity (Wildman–Crippen MR) is 208 cm³/mol. The lowest BCUT2D eigenvalue weighted by Crippen LogP contribution is -2.46. The zero-order valence-corrected chi connectivity index (χ0v) is 32.3. The number of nitrogens with zero attached hydrogens (tertiary/aromatic N) is 7. The third-order valence-corrected chi connectivity index (χ3v) is 10.2. The number of rotatable bonds is 11. The van der Waals surface area contributed by atoms with Crippen LogP contribution in [0.2, 0.25) is 0 Å². The first-order chi connectivity index (χ1) is 28.0. The maximum absolute atomic E-state index is 15.4. The molecule has 2 unspecified atom stereocenters. The van der Waals surface area contributed by atoms with Crippen LogP contribution in [0.1, 0.15) is 66.8 Å². The van der Waals surface area contributed by atoms with Gasteiger partial charge in [0.05, 0.1) is 30.1 Å². The van der Waals surface area contributed by atoms with E-state index in [2.05, 4.69) is 41.8 Å². The maximum Gasteiger partial charge on any atom is 0.292 e. The number of imide groups is 1. The number of halogens is 1. The number of hydrogen-bond donors (Lipinski definition) is 2. The number of hydrogen-bond acceptors (Lipinski definition) is 12. The fourth-order valence-electron chi connectivity index (χ4n) is 6.94. The molecule has 2 aliphatic rings. The summed E-state index contributed by atoms with van der Waals surface area (Å²) in [5, 5.41) is 13.1. The largest absolute Gasteiger partial charge is 0.481 e. The van der Waals surface area contributed by atoms with Gasteiger partial charge >= 0.3 is 0 Å². The number of carbonyl (C=O) groups is 3. The molecule has 16 heteroatoms. The van der Waals surface area contributed by atoms with Gasteiger partial charge in [-0.2, -0.15) is 10.1 Å². The Hall–Kier alpha value is -6.39. The highest BCUT2D eigenvalue weighted by Crippen LogP contribution is 2.29. The standard InChI is InChI=1S/C42H42FN9O6/c1-42(2,3)41-49-38(50-58-41)40(55)45-20-28-8-7-27(17-32(28)43)37-34-18-29(22-52(34)47-24-46-37)33-11-6-26(19-44-33)21-51-14-15-56-23-30(51)16-25-4-9-31(10-5-25)57-35-12-13-36(53)48-39(35)54/h4-11,17-19,22,24,30,35H,12-16,20-21,23H2,1-3H3,(H,45,55)(H,48,53,54). The van der Waals surface area contributed by atoms with E-state index in [1.54, 1.807) is 16.6 Å². The zero-order chi connectivity index (χ0) is 40.4. The van der Waals surface area contributed by atoms with Crippen molar-refractivity contribution in [1.29, 1.82) is 0 Å². The molecule has 6 heterocycles. The summed E-state index contributed by atoms with van der Waals surface area (Å²) in [6.07, 6.45) is 5.90. The summed E-state index contributed by atoms with van der Waals surface area (Å²) in [6, 6.07) is 18.6. The van der Waals surface area contributed by atoms with Gasteiger partial charge in [-0.05, 0) is 47.9 Å². The monoisotopic (exact) mass is 787 g/mol. The Balaban J connectivity index is 0.899. The molecule has 8 rings (SSSR count). The molecule has 2 fully saturated rings. The van der Waals surface area contributed by atoms with Crippen molar-refractivity contribution >= 4 is 23.2 Å². The second kappa shape index (κ2) is 16.2. The minimum atomic E-state index is -0.675. The summed E-state index contributed by atoms with van der Waals surface area (Å²) in [5.41, 5.74) is 5.43. The van der Waals surface area contributed by atoms with E-state index in [0.717, 1.165) is 35.3 Å². The van der Waals surface area contributed by atoms with Gasteiger partial charge in [0.15, 0.2) is 6.10 Å². The van der Waals surface area contributed by atoms with Crippen LogP contribution in [-0.4, -0.2) is 84.2 Å². The van der Waals surface area contributed by atoms with E-state index in [0.29, 0.717) is 60.2 Å². The van der Waals surface area contributed by atoms with Gasteiger partial charge in [0.2, 0.25) is 11.8 Å². The van der Waals surface area contributed by atoms with E-state index in [-0.39, 0.29) is 30.7 Å². The van der Waals surface area contributed by atoms with E-state index in [1.807, 2.05) is 69.6 Å². The number of piperidine rings is 1. The van der Waals surface area contributed by atoms with Crippen molar-refractivity contribution < 1.29 is 32.8 Å². The molecule has 0 radical (unpaired) electrons. The summed E-state index contributed by atoms with van der Waals surface area (Å²) < 4.78 is 34.0. The molecule has 4 aromatic heterocycles. The first kappa shape index (κ1) is 38.5. The third kappa shape index (κ3) is 8.62. The van der Waals surface area contributed by atoms with Crippen molar-refractivity contribution in [3.8, 4) is 28.3 Å². The number of nitrogens with one attached hydrogen (secondary N) is 2. The van der Waals surface area contributed by atoms with Crippen molar-refractivity contribution in [2.24, 2.45) is 0 Å². The molecule has 2 aromatic carbocycles. The zero-order valence-electron chi connectivity index (χ0n) is 32.3. The van der Waals surface area contributed by atoms with Crippen LogP contribution >= 0.6 is 0 Å². The van der Waals surface area contributed by atoms with Crippen LogP contribution in [0.25, 0.3) is 28.0 Å². The molecule has 58 heavy (non-hydrogen) atoms. The molecule has 15 nitrogen and oxygen atoms in total. The molecular formula is C42H42FN9O6. The lowest BCUT2D eigenvalue weighted by Gasteiger charge is -2.35. The topological polar surface area (TPSA) is 179 Å². The van der Waals surface area contributed by atoms with Gasteiger partial charge in [0.25, 0.3) is 17.6 Å². The molecule has 2 saturated heterocycles. The molecule has 2 aliphatic heterocycles. The number of morpholine rings is 1. The highest BCUT2D eigenvalue weighted by Gasteiger charge is 2.29. The third-order valence-electron chi connectivity index (χ3n) is 10.2. The minimum Gasteiger partial charge on any atom is -0.481 e. The molecule has 0 bridgehead atoms. The number of benzene rings is 2. The molecular weight excluding hydrogens is 746 g/mol. The smallest absolute Gasteiger partial charge is 0.292 e. The Morgan fingerprint density at radius 2 is 1.86 bits per heavy atom. The van der Waals surface area contributed by atoms with Gasteiger partial charge in [-0.25, -0.2) is 13.9 Å². The maximum atomic E-state index is 15.4. The van der Waals surface area contributed by atoms with Gasteiger partial charge < -0.3 is 19.3 Å². The Morgan fingerprint density at radius 1 is 1.03 bits per heavy atom. The second-order valence-corrected chi connectivity index (χ2v) is 15.5. The average Bonchev–Trinajstić information content (AvgIpc) is 3.89. The van der Waals surface area contributed by atoms with E-state index < -0.39 is 29.2 Å². The summed E-state index contributed by atoms with van der Waals surface area (Å²) in [7, 11) is 0. The molecule has 6 aromatic rings. The number of pyridine rings is 1. The Kier molecular flexibility index (Phi) is 10.8. The fraction of sp³-hybridized carbons (Fsp3) is 0.333. The first-order valence-electron chi connectivity index (χ1n) is 19.1. The Bertz CT molecular complexity index is 2460. The van der Waals surface area contributed by atoms with Crippen LogP contribution in [0.3, 0.4) is 0 Å². The summed E-state index contributed by atoms with van der Waals surface area (Å²) in [5.74, 6) is -0.928. The van der Waals surface area contributed by atoms with E-state index in [4.69, 9.17) is 19.0 Å². The summed E-state index contributed by atoms with van der Waals surface area (Å²) in [6.45, 7) is 8.35. The predicted octanol–water partition coefficient (Wildman–Crippen LogP) is 4.84. The van der Waals surface area contributed by atoms with E-state index in [1.165, 1.54) is 12.4 Å². The van der Waals surface area contributed by atoms with Gasteiger partial charge in [-0.1, -0.05) is 56.3 Å². The molecule has 2 N–H and O–H groups in total. The normalized spacial score (nSPS) is 17.7. The molecule has 0 spiro atoms. The van der Waals surface area contributed by atoms with Gasteiger partial charge in [0, 0.05) is 73.0 Å². The first-order valence-corrected chi connectivity index (χ1v) is 19.1. The quantitative estimate of drug-likeness (QED) is 0.171. The minimum absolute atomic E-state index is 0.0635. The van der Waals surface area contributed by atoms with Crippen LogP contribution < -0.4 is 15.4 Å². The van der Waals surface area contributed by atoms with Crippen molar-refractivity contribution in [2.75, 3.05) is 19.8 Å². The van der Waals surface area contributed by atoms with E-state index >= 15 is 4.39 Å². The Labute approximate surface area is 333 Å². The van der Waals surface area contributed by atoms with Crippen LogP contribution in [0.4, 0.5) is 4.39 Å². The number of ether oxygens (including phenoxy) is 2. The fourth-order valence-corrected chi connectivity index (χ4v) is 6.94. The van der Waals surface area contributed by atoms with Crippen LogP contribution in [-0.2, 0) is 39.3 Å². The van der Waals surface area contributed by atoms with Gasteiger partial charge in [-0.3, -0.25) is 29.6 Å². The molecule has 2 atom stereocenters.